The number of aromatic nitrogens is 1. The number of fused-ring (bicyclic) bond motifs is 7. The van der Waals surface area contributed by atoms with Gasteiger partial charge >= 0.3 is 229 Å². The molecule has 10 heteroatoms. The van der Waals surface area contributed by atoms with Gasteiger partial charge in [0.05, 0.1) is 0 Å². The molecule has 0 atom stereocenters. The molecule has 1 aromatic heterocycles. The molecule has 0 spiro atoms. The summed E-state index contributed by atoms with van der Waals surface area (Å²) in [5.74, 6) is 0. The van der Waals surface area contributed by atoms with Crippen LogP contribution in [0.15, 0.2) is 81.8 Å². The minimum absolute atomic E-state index is 0.0573. The molecular formula is C27H19B5FIN2P-. The van der Waals surface area contributed by atoms with Gasteiger partial charge < -0.3 is 0 Å². The Morgan fingerprint density at radius 2 is 1.65 bits per heavy atom. The molecule has 6 aliphatic rings. The molecule has 0 amide bonds. The second-order valence-corrected chi connectivity index (χ2v) is 18.9. The van der Waals surface area contributed by atoms with Gasteiger partial charge in [-0.25, -0.2) is 0 Å². The summed E-state index contributed by atoms with van der Waals surface area (Å²) in [4.78, 5) is 0. The van der Waals surface area contributed by atoms with Gasteiger partial charge in [0.2, 0.25) is 0 Å². The molecule has 37 heavy (non-hydrogen) atoms. The molecular weight excluding hydrogens is 583 g/mol. The first-order chi connectivity index (χ1) is 18.0. The van der Waals surface area contributed by atoms with Crippen LogP contribution in [0.3, 0.4) is 0 Å². The van der Waals surface area contributed by atoms with Crippen molar-refractivity contribution in [1.82, 2.24) is 4.57 Å². The first-order valence-electron chi connectivity index (χ1n) is 13.2. The van der Waals surface area contributed by atoms with Crippen LogP contribution in [0.4, 0.5) is 2.86 Å². The third-order valence-electron chi connectivity index (χ3n) is 10.9. The van der Waals surface area contributed by atoms with E-state index in [4.69, 9.17) is 2.92 Å². The summed E-state index contributed by atoms with van der Waals surface area (Å²) in [6.07, 6.45) is -0.391. The molecule has 0 aliphatic carbocycles. The van der Waals surface area contributed by atoms with Crippen molar-refractivity contribution in [2.45, 2.75) is 19.3 Å². The molecule has 7 heterocycles. The van der Waals surface area contributed by atoms with Crippen LogP contribution in [0.2, 0.25) is 0 Å². The summed E-state index contributed by atoms with van der Waals surface area (Å²) in [7, 11) is 2.45. The van der Waals surface area contributed by atoms with E-state index in [0.29, 0.717) is 18.6 Å². The molecule has 4 saturated heterocycles. The Bertz CT molecular complexity index is 1970. The summed E-state index contributed by atoms with van der Waals surface area (Å²) in [5, 5.41) is 4.00. The predicted octanol–water partition coefficient (Wildman–Crippen LogP) is 4.25. The monoisotopic (exact) mass is 603 g/mol. The molecule has 0 saturated carbocycles. The van der Waals surface area contributed by atoms with E-state index >= 15 is 0 Å². The van der Waals surface area contributed by atoms with Crippen molar-refractivity contribution in [3.63, 3.8) is 0 Å². The first-order valence-corrected chi connectivity index (χ1v) is 17.4. The third-order valence-corrected chi connectivity index (χ3v) is 20.8. The maximum atomic E-state index is 13.8. The van der Waals surface area contributed by atoms with Gasteiger partial charge in [0.25, 0.3) is 0 Å². The fourth-order valence-electron chi connectivity index (χ4n) is 9.05. The Balaban J connectivity index is 1.34. The molecule has 4 fully saturated rings. The van der Waals surface area contributed by atoms with E-state index in [1.165, 1.54) is 60.3 Å². The summed E-state index contributed by atoms with van der Waals surface area (Å²) in [6.45, 7) is 4.98. The van der Waals surface area contributed by atoms with Gasteiger partial charge in [0.1, 0.15) is 0 Å². The summed E-state index contributed by atoms with van der Waals surface area (Å²) in [5.41, 5.74) is 11.0. The van der Waals surface area contributed by atoms with Gasteiger partial charge in [0.15, 0.2) is 0 Å². The van der Waals surface area contributed by atoms with E-state index in [-0.39, 0.29) is 12.1 Å². The van der Waals surface area contributed by atoms with E-state index in [9.17, 15) is 2.86 Å². The van der Waals surface area contributed by atoms with Gasteiger partial charge in [-0.05, 0) is 0 Å². The van der Waals surface area contributed by atoms with E-state index in [0.717, 1.165) is 0 Å². The Morgan fingerprint density at radius 3 is 2.43 bits per heavy atom. The fraction of sp³-hybridized carbons (Fsp3) is 0.111. The number of hydrogen-bond donors (Lipinski definition) is 0. The zero-order valence-electron chi connectivity index (χ0n) is 20.5. The maximum absolute atomic E-state index is 13.8. The van der Waals surface area contributed by atoms with Gasteiger partial charge in [-0.3, -0.25) is 0 Å². The quantitative estimate of drug-likeness (QED) is 0.160. The normalized spacial score (nSPS) is 22.5. The SMILES string of the molecule is CC1(C)c2ccccc2B2c3c(cccc31)-n1c3ccc(P45(N=IF)B6[B-]B4B65)cc3c3cccc2c31. The average molecular weight is 602 g/mol. The third kappa shape index (κ3) is 1.89. The van der Waals surface area contributed by atoms with Crippen molar-refractivity contribution in [2.24, 2.45) is 2.92 Å². The molecule has 5 aromatic rings. The number of hydrogen-bond acceptors (Lipinski definition) is 1. The number of halogens is 2. The second-order valence-electron chi connectivity index (χ2n) is 12.2. The minimum atomic E-state index is -2.29. The Labute approximate surface area is 228 Å². The van der Waals surface area contributed by atoms with E-state index in [2.05, 4.69) is 104 Å². The van der Waals surface area contributed by atoms with Gasteiger partial charge in [0, 0.05) is 0 Å². The van der Waals surface area contributed by atoms with Crippen LogP contribution in [0.1, 0.15) is 25.0 Å². The summed E-state index contributed by atoms with van der Waals surface area (Å²) < 4.78 is 21.2. The van der Waals surface area contributed by atoms with Crippen LogP contribution in [0.25, 0.3) is 27.5 Å². The molecule has 2 radical (unpaired) electrons. The molecule has 2 bridgehead atoms. The van der Waals surface area contributed by atoms with Crippen molar-refractivity contribution >= 4 is 104 Å². The molecule has 0 unspecified atom stereocenters. The average Bonchev–Trinajstić information content (AvgIpc) is 3.49. The summed E-state index contributed by atoms with van der Waals surface area (Å²) in [6, 6.07) is 29.9. The Kier molecular flexibility index (Phi) is 3.40. The first kappa shape index (κ1) is 20.8. The summed E-state index contributed by atoms with van der Waals surface area (Å²) >= 11 is -1.54. The van der Waals surface area contributed by atoms with Gasteiger partial charge in [-0.2, -0.15) is 0 Å². The number of rotatable bonds is 2. The van der Waals surface area contributed by atoms with Crippen LogP contribution < -0.4 is 21.7 Å². The molecule has 172 valence electrons. The second kappa shape index (κ2) is 6.04. The molecule has 11 rings (SSSR count). The molecule has 2 nitrogen and oxygen atoms in total. The molecule has 4 aromatic carbocycles. The zero-order chi connectivity index (χ0) is 24.5. The molecule has 0 N–H and O–H groups in total. The van der Waals surface area contributed by atoms with Crippen LogP contribution in [0.5, 0.6) is 0 Å². The predicted molar refractivity (Wildman–Crippen MR) is 171 cm³/mol. The van der Waals surface area contributed by atoms with Crippen LogP contribution in [-0.2, 0) is 5.41 Å². The van der Waals surface area contributed by atoms with E-state index in [1.807, 2.05) is 0 Å². The standard InChI is InChI=1S/C27H19B5FIN2P/c1-27(2)19-8-3-4-10-21(19)29-22-11-5-7-17-18-15-16(37(35-34-33)30-28-31(37)32(30)37)13-14-23(18)36(26(17)22)24-12-6-9-20(27)25(24)29/h3-15H,1-2H3/q-1. The van der Waals surface area contributed by atoms with Gasteiger partial charge in [-0.1, -0.05) is 0 Å². The van der Waals surface area contributed by atoms with E-state index in [1.54, 1.807) is 0 Å². The van der Waals surface area contributed by atoms with Crippen LogP contribution in [-0.4, -0.2) is 37.0 Å². The van der Waals surface area contributed by atoms with Crippen molar-refractivity contribution < 1.29 is 2.86 Å². The number of benzene rings is 4. The Hall–Kier alpha value is -2.11. The fourth-order valence-corrected chi connectivity index (χ4v) is 20.6. The van der Waals surface area contributed by atoms with Crippen molar-refractivity contribution in [1.29, 1.82) is 0 Å². The number of para-hydroxylation sites is 1. The van der Waals surface area contributed by atoms with Crippen molar-refractivity contribution in [3.05, 3.63) is 90.0 Å². The van der Waals surface area contributed by atoms with Crippen molar-refractivity contribution in [2.75, 3.05) is 0 Å². The van der Waals surface area contributed by atoms with E-state index < -0.39 is 28.0 Å². The topological polar surface area (TPSA) is 17.3 Å². The van der Waals surface area contributed by atoms with Gasteiger partial charge in [-0.15, -0.1) is 0 Å². The zero-order valence-corrected chi connectivity index (χ0v) is 23.5. The van der Waals surface area contributed by atoms with Crippen molar-refractivity contribution in [3.8, 4) is 5.69 Å². The van der Waals surface area contributed by atoms with Crippen LogP contribution >= 0.6 is 28.0 Å². The number of nitrogens with zero attached hydrogens (tertiary/aromatic N) is 2. The molecule has 6 aliphatic heterocycles. The van der Waals surface area contributed by atoms with Crippen LogP contribution in [0, 0.1) is 0 Å². The Morgan fingerprint density at radius 1 is 0.892 bits per heavy atom.